The Morgan fingerprint density at radius 1 is 1.27 bits per heavy atom. The summed E-state index contributed by atoms with van der Waals surface area (Å²) in [5, 5.41) is 12.7. The van der Waals surface area contributed by atoms with Gasteiger partial charge in [-0.2, -0.15) is 10.2 Å². The number of aryl methyl sites for hydroxylation is 1. The Bertz CT molecular complexity index is 776. The second-order valence-electron chi connectivity index (χ2n) is 6.19. The van der Waals surface area contributed by atoms with E-state index in [4.69, 9.17) is 9.78 Å². The largest absolute Gasteiger partial charge is 0.340 e. The van der Waals surface area contributed by atoms with Gasteiger partial charge in [-0.3, -0.25) is 9.69 Å². The SMILES string of the molecule is Cc1nc(CSCC(=O)N2CCN(Cc3ccc(C#N)cc3)CC2)no1. The van der Waals surface area contributed by atoms with E-state index in [0.717, 1.165) is 32.7 Å². The lowest BCUT2D eigenvalue weighted by Crippen LogP contribution is -2.48. The number of carbonyl (C=O) groups excluding carboxylic acids is 1. The second-order valence-corrected chi connectivity index (χ2v) is 7.17. The molecular weight excluding hydrogens is 350 g/mol. The van der Waals surface area contributed by atoms with Gasteiger partial charge in [0.25, 0.3) is 0 Å². The fourth-order valence-corrected chi connectivity index (χ4v) is 3.58. The molecule has 0 atom stereocenters. The molecule has 2 aromatic rings. The van der Waals surface area contributed by atoms with Crippen LogP contribution in [-0.2, 0) is 17.1 Å². The summed E-state index contributed by atoms with van der Waals surface area (Å²) in [4.78, 5) is 20.7. The highest BCUT2D eigenvalue weighted by Crippen LogP contribution is 2.13. The molecule has 1 amide bonds. The molecule has 0 bridgehead atoms. The number of nitriles is 1. The zero-order chi connectivity index (χ0) is 18.4. The Balaban J connectivity index is 1.38. The summed E-state index contributed by atoms with van der Waals surface area (Å²) in [6.45, 7) is 5.82. The fraction of sp³-hybridized carbons (Fsp3) is 0.444. The first-order chi connectivity index (χ1) is 12.6. The van der Waals surface area contributed by atoms with Crippen molar-refractivity contribution in [2.45, 2.75) is 19.2 Å². The number of hydrogen-bond donors (Lipinski definition) is 0. The van der Waals surface area contributed by atoms with Gasteiger partial charge in [0.15, 0.2) is 5.82 Å². The molecule has 136 valence electrons. The van der Waals surface area contributed by atoms with Crippen molar-refractivity contribution in [1.82, 2.24) is 19.9 Å². The van der Waals surface area contributed by atoms with Crippen molar-refractivity contribution in [3.63, 3.8) is 0 Å². The highest BCUT2D eigenvalue weighted by Gasteiger charge is 2.21. The monoisotopic (exact) mass is 371 g/mol. The molecule has 0 unspecified atom stereocenters. The first-order valence-electron chi connectivity index (χ1n) is 8.50. The quantitative estimate of drug-likeness (QED) is 0.765. The van der Waals surface area contributed by atoms with E-state index in [2.05, 4.69) is 21.1 Å². The molecule has 1 saturated heterocycles. The van der Waals surface area contributed by atoms with Crippen molar-refractivity contribution in [2.75, 3.05) is 31.9 Å². The predicted molar refractivity (Wildman–Crippen MR) is 98.2 cm³/mol. The lowest BCUT2D eigenvalue weighted by atomic mass is 10.1. The van der Waals surface area contributed by atoms with Gasteiger partial charge in [0, 0.05) is 39.6 Å². The molecule has 26 heavy (non-hydrogen) atoms. The van der Waals surface area contributed by atoms with E-state index in [-0.39, 0.29) is 5.91 Å². The minimum Gasteiger partial charge on any atom is -0.340 e. The Hall–Kier alpha value is -2.37. The highest BCUT2D eigenvalue weighted by atomic mass is 32.2. The predicted octanol–water partition coefficient (Wildman–Crippen LogP) is 1.83. The van der Waals surface area contributed by atoms with E-state index in [1.54, 1.807) is 6.92 Å². The summed E-state index contributed by atoms with van der Waals surface area (Å²) >= 11 is 1.51. The van der Waals surface area contributed by atoms with Gasteiger partial charge in [-0.25, -0.2) is 0 Å². The van der Waals surface area contributed by atoms with E-state index in [1.807, 2.05) is 29.2 Å². The van der Waals surface area contributed by atoms with Crippen LogP contribution in [0, 0.1) is 18.3 Å². The van der Waals surface area contributed by atoms with Gasteiger partial charge in [-0.15, -0.1) is 11.8 Å². The number of aromatic nitrogens is 2. The third-order valence-corrected chi connectivity index (χ3v) is 5.15. The van der Waals surface area contributed by atoms with Crippen LogP contribution in [0.5, 0.6) is 0 Å². The van der Waals surface area contributed by atoms with Crippen molar-refractivity contribution < 1.29 is 9.32 Å². The number of rotatable bonds is 6. The van der Waals surface area contributed by atoms with Crippen LogP contribution in [0.1, 0.15) is 22.8 Å². The average molecular weight is 371 g/mol. The molecule has 0 spiro atoms. The van der Waals surface area contributed by atoms with E-state index in [0.29, 0.717) is 28.8 Å². The zero-order valence-corrected chi connectivity index (χ0v) is 15.5. The third kappa shape index (κ3) is 5.07. The Labute approximate surface area is 157 Å². The molecule has 1 fully saturated rings. The molecule has 2 heterocycles. The van der Waals surface area contributed by atoms with Crippen molar-refractivity contribution >= 4 is 17.7 Å². The Morgan fingerprint density at radius 3 is 2.62 bits per heavy atom. The number of hydrogen-bond acceptors (Lipinski definition) is 7. The van der Waals surface area contributed by atoms with Gasteiger partial charge >= 0.3 is 0 Å². The Kier molecular flexibility index (Phi) is 6.26. The number of thioether (sulfide) groups is 1. The summed E-state index contributed by atoms with van der Waals surface area (Å²) in [5.74, 6) is 2.36. The molecule has 3 rings (SSSR count). The molecular formula is C18H21N5O2S. The van der Waals surface area contributed by atoms with E-state index in [1.165, 1.54) is 17.3 Å². The normalized spacial score (nSPS) is 15.0. The van der Waals surface area contributed by atoms with Crippen LogP contribution in [0.4, 0.5) is 0 Å². The van der Waals surface area contributed by atoms with E-state index >= 15 is 0 Å². The van der Waals surface area contributed by atoms with Crippen LogP contribution in [0.3, 0.4) is 0 Å². The van der Waals surface area contributed by atoms with Crippen LogP contribution in [0.25, 0.3) is 0 Å². The minimum atomic E-state index is 0.160. The molecule has 1 aliphatic heterocycles. The smallest absolute Gasteiger partial charge is 0.232 e. The lowest BCUT2D eigenvalue weighted by Gasteiger charge is -2.34. The first kappa shape index (κ1) is 18.4. The molecule has 0 saturated carbocycles. The van der Waals surface area contributed by atoms with Crippen LogP contribution in [0.2, 0.25) is 0 Å². The van der Waals surface area contributed by atoms with Gasteiger partial charge < -0.3 is 9.42 Å². The molecule has 1 aromatic heterocycles. The highest BCUT2D eigenvalue weighted by molar-refractivity contribution is 7.99. The molecule has 0 aliphatic carbocycles. The van der Waals surface area contributed by atoms with Gasteiger partial charge in [0.05, 0.1) is 23.1 Å². The number of amides is 1. The third-order valence-electron chi connectivity index (χ3n) is 4.24. The number of benzene rings is 1. The molecule has 1 aromatic carbocycles. The number of nitrogens with zero attached hydrogens (tertiary/aromatic N) is 5. The summed E-state index contributed by atoms with van der Waals surface area (Å²) < 4.78 is 4.92. The van der Waals surface area contributed by atoms with Gasteiger partial charge in [-0.05, 0) is 17.7 Å². The molecule has 0 N–H and O–H groups in total. The summed E-state index contributed by atoms with van der Waals surface area (Å²) in [6.07, 6.45) is 0. The summed E-state index contributed by atoms with van der Waals surface area (Å²) in [6, 6.07) is 9.81. The van der Waals surface area contributed by atoms with Gasteiger partial charge in [-0.1, -0.05) is 17.3 Å². The zero-order valence-electron chi connectivity index (χ0n) is 14.7. The minimum absolute atomic E-state index is 0.160. The van der Waals surface area contributed by atoms with Crippen LogP contribution < -0.4 is 0 Å². The summed E-state index contributed by atoms with van der Waals surface area (Å²) in [7, 11) is 0. The maximum atomic E-state index is 12.3. The molecule has 8 heteroatoms. The fourth-order valence-electron chi connectivity index (χ4n) is 2.82. The topological polar surface area (TPSA) is 86.3 Å². The lowest BCUT2D eigenvalue weighted by molar-refractivity contribution is -0.130. The van der Waals surface area contributed by atoms with Crippen molar-refractivity contribution in [2.24, 2.45) is 0 Å². The molecule has 1 aliphatic rings. The van der Waals surface area contributed by atoms with Crippen molar-refractivity contribution in [3.8, 4) is 6.07 Å². The van der Waals surface area contributed by atoms with Gasteiger partial charge in [0.2, 0.25) is 11.8 Å². The van der Waals surface area contributed by atoms with Crippen molar-refractivity contribution in [3.05, 3.63) is 47.1 Å². The van der Waals surface area contributed by atoms with Crippen LogP contribution >= 0.6 is 11.8 Å². The number of carbonyl (C=O) groups is 1. The van der Waals surface area contributed by atoms with E-state index < -0.39 is 0 Å². The summed E-state index contributed by atoms with van der Waals surface area (Å²) in [5.41, 5.74) is 1.87. The van der Waals surface area contributed by atoms with Crippen molar-refractivity contribution in [1.29, 1.82) is 5.26 Å². The standard InChI is InChI=1S/C18H21N5O2S/c1-14-20-17(21-25-14)12-26-13-18(24)23-8-6-22(7-9-23)11-16-4-2-15(10-19)3-5-16/h2-5H,6-9,11-13H2,1H3. The van der Waals surface area contributed by atoms with Crippen LogP contribution in [-0.4, -0.2) is 57.8 Å². The number of piperazine rings is 1. The van der Waals surface area contributed by atoms with E-state index in [9.17, 15) is 4.79 Å². The maximum Gasteiger partial charge on any atom is 0.232 e. The first-order valence-corrected chi connectivity index (χ1v) is 9.65. The maximum absolute atomic E-state index is 12.3. The average Bonchev–Trinajstić information content (AvgIpc) is 3.08. The van der Waals surface area contributed by atoms with Gasteiger partial charge in [0.1, 0.15) is 0 Å². The Morgan fingerprint density at radius 2 is 2.00 bits per heavy atom. The second kappa shape index (κ2) is 8.83. The van der Waals surface area contributed by atoms with Crippen LogP contribution in [0.15, 0.2) is 28.8 Å². The molecule has 0 radical (unpaired) electrons. The molecule has 7 nitrogen and oxygen atoms in total.